The maximum atomic E-state index is 13.5. The molecule has 3 N–H and O–H groups in total. The SMILES string of the molecule is N#Cc1c(NC(=O)CSc2cccc(NC(=O)/C(=C\c3ccc(Cl)cc3Cl)NC(=O)c3ccccc3)c2)sc2c1CCN(Cc1ccccc1)C2. The van der Waals surface area contributed by atoms with Crippen molar-refractivity contribution in [1.82, 2.24) is 10.2 Å². The fourth-order valence-electron chi connectivity index (χ4n) is 5.53. The van der Waals surface area contributed by atoms with Crippen molar-refractivity contribution in [3.05, 3.63) is 152 Å². The van der Waals surface area contributed by atoms with Gasteiger partial charge in [-0.2, -0.15) is 5.26 Å². The van der Waals surface area contributed by atoms with Crippen molar-refractivity contribution >= 4 is 80.8 Å². The van der Waals surface area contributed by atoms with Gasteiger partial charge >= 0.3 is 0 Å². The number of fused-ring (bicyclic) bond motifs is 1. The van der Waals surface area contributed by atoms with Crippen LogP contribution in [0.5, 0.6) is 0 Å². The van der Waals surface area contributed by atoms with E-state index < -0.39 is 11.8 Å². The van der Waals surface area contributed by atoms with Crippen LogP contribution >= 0.6 is 46.3 Å². The lowest BCUT2D eigenvalue weighted by atomic mass is 10.0. The molecule has 51 heavy (non-hydrogen) atoms. The number of rotatable bonds is 11. The van der Waals surface area contributed by atoms with Crippen molar-refractivity contribution in [3.63, 3.8) is 0 Å². The third-order valence-electron chi connectivity index (χ3n) is 8.00. The lowest BCUT2D eigenvalue weighted by Gasteiger charge is -2.26. The van der Waals surface area contributed by atoms with Crippen molar-refractivity contribution in [1.29, 1.82) is 5.26 Å². The second-order valence-electron chi connectivity index (χ2n) is 11.6. The number of hydrogen-bond donors (Lipinski definition) is 3. The predicted octanol–water partition coefficient (Wildman–Crippen LogP) is 8.63. The van der Waals surface area contributed by atoms with Gasteiger partial charge in [-0.05, 0) is 71.7 Å². The van der Waals surface area contributed by atoms with Crippen LogP contribution in [0.15, 0.2) is 114 Å². The highest BCUT2D eigenvalue weighted by atomic mass is 35.5. The summed E-state index contributed by atoms with van der Waals surface area (Å²) in [5, 5.41) is 19.8. The van der Waals surface area contributed by atoms with Crippen LogP contribution in [0.1, 0.15) is 37.5 Å². The fraction of sp³-hybridized carbons (Fsp3) is 0.128. The van der Waals surface area contributed by atoms with E-state index in [0.29, 0.717) is 37.4 Å². The van der Waals surface area contributed by atoms with E-state index in [-0.39, 0.29) is 17.4 Å². The van der Waals surface area contributed by atoms with E-state index in [1.165, 1.54) is 34.7 Å². The number of nitrogens with one attached hydrogen (secondary N) is 3. The Labute approximate surface area is 314 Å². The third kappa shape index (κ3) is 9.47. The predicted molar refractivity (Wildman–Crippen MR) is 206 cm³/mol. The Morgan fingerprint density at radius 3 is 2.43 bits per heavy atom. The molecule has 0 aliphatic carbocycles. The van der Waals surface area contributed by atoms with Crippen LogP contribution in [0.2, 0.25) is 10.0 Å². The summed E-state index contributed by atoms with van der Waals surface area (Å²) in [6, 6.07) is 33.0. The number of amides is 3. The summed E-state index contributed by atoms with van der Waals surface area (Å²) in [6.07, 6.45) is 2.24. The monoisotopic (exact) mass is 751 g/mol. The summed E-state index contributed by atoms with van der Waals surface area (Å²) in [7, 11) is 0. The fourth-order valence-corrected chi connectivity index (χ4v) is 8.00. The Bertz CT molecular complexity index is 2150. The molecule has 1 aromatic heterocycles. The Balaban J connectivity index is 1.10. The second-order valence-corrected chi connectivity index (χ2v) is 14.6. The van der Waals surface area contributed by atoms with E-state index >= 15 is 0 Å². The molecule has 0 radical (unpaired) electrons. The van der Waals surface area contributed by atoms with E-state index in [9.17, 15) is 19.6 Å². The number of nitriles is 1. The summed E-state index contributed by atoms with van der Waals surface area (Å²) in [5.74, 6) is -1.18. The average Bonchev–Trinajstić information content (AvgIpc) is 3.48. The van der Waals surface area contributed by atoms with E-state index in [0.717, 1.165) is 41.4 Å². The van der Waals surface area contributed by atoms with Gasteiger partial charge in [0.2, 0.25) is 5.91 Å². The smallest absolute Gasteiger partial charge is 0.272 e. The van der Waals surface area contributed by atoms with Crippen LogP contribution in [0.4, 0.5) is 10.7 Å². The summed E-state index contributed by atoms with van der Waals surface area (Å²) in [4.78, 5) is 43.8. The van der Waals surface area contributed by atoms with Crippen LogP contribution in [0.25, 0.3) is 6.08 Å². The maximum Gasteiger partial charge on any atom is 0.272 e. The Kier molecular flexibility index (Phi) is 11.9. The maximum absolute atomic E-state index is 13.5. The largest absolute Gasteiger partial charge is 0.321 e. The zero-order valence-corrected chi connectivity index (χ0v) is 30.3. The normalized spacial score (nSPS) is 12.8. The molecular weight excluding hydrogens is 722 g/mol. The van der Waals surface area contributed by atoms with Crippen LogP contribution in [0, 0.1) is 11.3 Å². The first-order chi connectivity index (χ1) is 24.7. The number of benzene rings is 4. The first-order valence-electron chi connectivity index (χ1n) is 15.9. The summed E-state index contributed by atoms with van der Waals surface area (Å²) in [5.41, 5.74) is 4.10. The molecule has 0 fully saturated rings. The van der Waals surface area contributed by atoms with Gasteiger partial charge in [0.15, 0.2) is 0 Å². The summed E-state index contributed by atoms with van der Waals surface area (Å²) >= 11 is 15.2. The molecule has 0 saturated carbocycles. The van der Waals surface area contributed by atoms with Crippen LogP contribution < -0.4 is 16.0 Å². The number of anilines is 2. The standard InChI is InChI=1S/C39H31Cl2N5O3S2/c40-28-15-14-27(33(41)19-28)18-34(44-37(48)26-10-5-2-6-11-26)38(49)43-29-12-7-13-30(20-29)50-24-36(47)45-39-32(21-42)31-16-17-46(23-35(31)51-39)22-25-8-3-1-4-9-25/h1-15,18-20H,16-17,22-24H2,(H,43,49)(H,44,48)(H,45,47)/b34-18+. The molecule has 0 unspecified atom stereocenters. The molecule has 0 saturated heterocycles. The molecule has 6 rings (SSSR count). The molecule has 256 valence electrons. The number of carbonyl (C=O) groups is 3. The average molecular weight is 753 g/mol. The molecule has 0 spiro atoms. The topological polar surface area (TPSA) is 114 Å². The van der Waals surface area contributed by atoms with Gasteiger partial charge < -0.3 is 16.0 Å². The number of thioether (sulfide) groups is 1. The number of carbonyl (C=O) groups excluding carboxylic acids is 3. The second kappa shape index (κ2) is 16.9. The van der Waals surface area contributed by atoms with E-state index in [1.54, 1.807) is 66.7 Å². The van der Waals surface area contributed by atoms with Gasteiger partial charge in [0, 0.05) is 50.7 Å². The molecule has 0 atom stereocenters. The minimum absolute atomic E-state index is 0.0272. The highest BCUT2D eigenvalue weighted by molar-refractivity contribution is 8.00. The Morgan fingerprint density at radius 1 is 0.922 bits per heavy atom. The molecule has 1 aliphatic rings. The molecule has 8 nitrogen and oxygen atoms in total. The van der Waals surface area contributed by atoms with E-state index in [2.05, 4.69) is 39.1 Å². The van der Waals surface area contributed by atoms with Gasteiger partial charge in [-0.1, -0.05) is 83.9 Å². The Morgan fingerprint density at radius 2 is 1.69 bits per heavy atom. The van der Waals surface area contributed by atoms with Crippen LogP contribution in [-0.2, 0) is 29.1 Å². The summed E-state index contributed by atoms with van der Waals surface area (Å²) in [6.45, 7) is 2.40. The zero-order valence-electron chi connectivity index (χ0n) is 27.1. The van der Waals surface area contributed by atoms with E-state index in [1.807, 2.05) is 24.3 Å². The molecule has 4 aromatic carbocycles. The molecular formula is C39H31Cl2N5O3S2. The highest BCUT2D eigenvalue weighted by Crippen LogP contribution is 2.37. The zero-order chi connectivity index (χ0) is 35.7. The van der Waals surface area contributed by atoms with Crippen molar-refractivity contribution in [2.24, 2.45) is 0 Å². The van der Waals surface area contributed by atoms with Crippen molar-refractivity contribution in [2.45, 2.75) is 24.4 Å². The van der Waals surface area contributed by atoms with Crippen molar-refractivity contribution < 1.29 is 14.4 Å². The first kappa shape index (κ1) is 35.9. The number of hydrogen-bond acceptors (Lipinski definition) is 7. The van der Waals surface area contributed by atoms with Crippen molar-refractivity contribution in [3.8, 4) is 6.07 Å². The van der Waals surface area contributed by atoms with Crippen molar-refractivity contribution in [2.75, 3.05) is 22.9 Å². The van der Waals surface area contributed by atoms with Crippen LogP contribution in [0.3, 0.4) is 0 Å². The first-order valence-corrected chi connectivity index (χ1v) is 18.5. The van der Waals surface area contributed by atoms with Gasteiger partial charge in [0.05, 0.1) is 11.3 Å². The number of nitrogens with zero attached hydrogens (tertiary/aromatic N) is 2. The number of thiophene rings is 1. The highest BCUT2D eigenvalue weighted by Gasteiger charge is 2.25. The molecule has 2 heterocycles. The van der Waals surface area contributed by atoms with Gasteiger partial charge in [0.1, 0.15) is 16.8 Å². The lowest BCUT2D eigenvalue weighted by Crippen LogP contribution is -2.30. The Hall–Kier alpha value is -4.89. The number of halogens is 2. The summed E-state index contributed by atoms with van der Waals surface area (Å²) < 4.78 is 0. The third-order valence-corrected chi connectivity index (χ3v) is 10.7. The van der Waals surface area contributed by atoms with E-state index in [4.69, 9.17) is 23.2 Å². The van der Waals surface area contributed by atoms with Gasteiger partial charge in [-0.3, -0.25) is 19.3 Å². The van der Waals surface area contributed by atoms with Gasteiger partial charge in [-0.25, -0.2) is 0 Å². The minimum Gasteiger partial charge on any atom is -0.321 e. The quantitative estimate of drug-likeness (QED) is 0.0920. The van der Waals surface area contributed by atoms with Crippen LogP contribution in [-0.4, -0.2) is 34.9 Å². The van der Waals surface area contributed by atoms with Gasteiger partial charge in [-0.15, -0.1) is 23.1 Å². The molecule has 12 heteroatoms. The minimum atomic E-state index is -0.571. The molecule has 0 bridgehead atoms. The lowest BCUT2D eigenvalue weighted by molar-refractivity contribution is -0.114. The molecule has 5 aromatic rings. The van der Waals surface area contributed by atoms with Gasteiger partial charge in [0.25, 0.3) is 11.8 Å². The molecule has 1 aliphatic heterocycles. The molecule has 3 amide bonds.